The van der Waals surface area contributed by atoms with Gasteiger partial charge in [0.05, 0.1) is 19.7 Å². The Hall–Kier alpha value is -1.75. The molecule has 0 saturated heterocycles. The van der Waals surface area contributed by atoms with E-state index in [2.05, 4.69) is 34.3 Å². The minimum absolute atomic E-state index is 0.197. The third-order valence-corrected chi connectivity index (χ3v) is 3.39. The van der Waals surface area contributed by atoms with Gasteiger partial charge in [0.2, 0.25) is 0 Å². The van der Waals surface area contributed by atoms with Crippen molar-refractivity contribution in [1.29, 1.82) is 0 Å². The number of methoxy groups -OCH3 is 1. The fraction of sp³-hybridized carbons (Fsp3) is 0.562. The first-order chi connectivity index (χ1) is 10.1. The number of rotatable bonds is 8. The Morgan fingerprint density at radius 3 is 2.52 bits per heavy atom. The summed E-state index contributed by atoms with van der Waals surface area (Å²) in [6.07, 6.45) is 2.25. The van der Waals surface area contributed by atoms with Crippen molar-refractivity contribution in [1.82, 2.24) is 10.2 Å². The second-order valence-corrected chi connectivity index (χ2v) is 5.26. The van der Waals surface area contributed by atoms with Crippen LogP contribution in [-0.4, -0.2) is 45.2 Å². The average molecular weight is 292 g/mol. The van der Waals surface area contributed by atoms with E-state index >= 15 is 0 Å². The van der Waals surface area contributed by atoms with E-state index in [4.69, 9.17) is 10.5 Å². The molecule has 3 N–H and O–H groups in total. The largest absolute Gasteiger partial charge is 0.497 e. The molecular formula is C16H28N4O. The number of hydrogen-bond acceptors (Lipinski definition) is 3. The first-order valence-electron chi connectivity index (χ1n) is 7.42. The van der Waals surface area contributed by atoms with E-state index in [1.165, 1.54) is 5.56 Å². The van der Waals surface area contributed by atoms with Gasteiger partial charge in [-0.1, -0.05) is 25.5 Å². The minimum atomic E-state index is 0.197. The average Bonchev–Trinajstić information content (AvgIpc) is 2.48. The number of benzene rings is 1. The Bertz CT molecular complexity index is 428. The molecule has 1 rings (SSSR count). The van der Waals surface area contributed by atoms with E-state index < -0.39 is 0 Å². The summed E-state index contributed by atoms with van der Waals surface area (Å²) >= 11 is 0. The predicted octanol–water partition coefficient (Wildman–Crippen LogP) is 2.00. The summed E-state index contributed by atoms with van der Waals surface area (Å²) < 4.78 is 5.19. The fourth-order valence-electron chi connectivity index (χ4n) is 2.03. The van der Waals surface area contributed by atoms with E-state index in [9.17, 15) is 0 Å². The lowest BCUT2D eigenvalue weighted by molar-refractivity contribution is 0.306. The molecule has 0 fully saturated rings. The van der Waals surface area contributed by atoms with Crippen molar-refractivity contribution in [2.24, 2.45) is 10.7 Å². The Balaban J connectivity index is 2.66. The molecule has 5 nitrogen and oxygen atoms in total. The zero-order valence-corrected chi connectivity index (χ0v) is 13.6. The molecule has 0 unspecified atom stereocenters. The predicted molar refractivity (Wildman–Crippen MR) is 88.8 cm³/mol. The molecule has 0 bridgehead atoms. The molecule has 5 heteroatoms. The Kier molecular flexibility index (Phi) is 7.61. The Morgan fingerprint density at radius 2 is 2.00 bits per heavy atom. The highest BCUT2D eigenvalue weighted by Crippen LogP contribution is 2.21. The number of unbranched alkanes of at least 4 members (excludes halogenated alkanes) is 1. The van der Waals surface area contributed by atoms with E-state index in [0.29, 0.717) is 12.5 Å². The Labute approximate surface area is 128 Å². The fourth-order valence-corrected chi connectivity index (χ4v) is 2.03. The van der Waals surface area contributed by atoms with Crippen molar-refractivity contribution in [3.8, 4) is 5.75 Å². The number of guanidine groups is 1. The zero-order valence-electron chi connectivity index (χ0n) is 13.6. The van der Waals surface area contributed by atoms with Gasteiger partial charge in [0.1, 0.15) is 5.75 Å². The lowest BCUT2D eigenvalue weighted by Gasteiger charge is -2.23. The van der Waals surface area contributed by atoms with Crippen LogP contribution in [0.15, 0.2) is 29.3 Å². The zero-order chi connectivity index (χ0) is 15.7. The van der Waals surface area contributed by atoms with Crippen molar-refractivity contribution in [2.45, 2.75) is 25.8 Å². The van der Waals surface area contributed by atoms with Crippen molar-refractivity contribution < 1.29 is 4.74 Å². The quantitative estimate of drug-likeness (QED) is 0.437. The molecule has 118 valence electrons. The van der Waals surface area contributed by atoms with Crippen molar-refractivity contribution >= 4 is 5.96 Å². The summed E-state index contributed by atoms with van der Waals surface area (Å²) in [7, 11) is 5.77. The van der Waals surface area contributed by atoms with E-state index in [1.54, 1.807) is 7.11 Å². The highest BCUT2D eigenvalue weighted by Gasteiger charge is 2.13. The molecule has 0 aliphatic rings. The maximum Gasteiger partial charge on any atom is 0.188 e. The number of nitrogens with zero attached hydrogens (tertiary/aromatic N) is 2. The highest BCUT2D eigenvalue weighted by atomic mass is 16.5. The van der Waals surface area contributed by atoms with E-state index in [0.717, 1.165) is 25.1 Å². The summed E-state index contributed by atoms with van der Waals surface area (Å²) in [6.45, 7) is 3.66. The molecule has 1 aromatic rings. The van der Waals surface area contributed by atoms with Crippen LogP contribution in [0.3, 0.4) is 0 Å². The van der Waals surface area contributed by atoms with Gasteiger partial charge in [-0.3, -0.25) is 4.99 Å². The standard InChI is InChI=1S/C16H28N4O/c1-5-6-11-18-16(17)19-12-15(20(2)3)13-7-9-14(21-4)10-8-13/h7-10,15H,5-6,11-12H2,1-4H3,(H3,17,18,19)/t15-/m0/s1. The molecule has 1 atom stereocenters. The number of ether oxygens (including phenoxy) is 1. The SMILES string of the molecule is CCCCNC(N)=NC[C@@H](c1ccc(OC)cc1)N(C)C. The molecule has 0 aliphatic heterocycles. The van der Waals surface area contributed by atoms with Crippen molar-refractivity contribution in [2.75, 3.05) is 34.3 Å². The number of nitrogens with two attached hydrogens (primary N) is 1. The molecular weight excluding hydrogens is 264 g/mol. The first kappa shape index (κ1) is 17.3. The number of likely N-dealkylation sites (N-methyl/N-ethyl adjacent to an activating group) is 1. The van der Waals surface area contributed by atoms with Gasteiger partial charge in [0.25, 0.3) is 0 Å². The summed E-state index contributed by atoms with van der Waals surface area (Å²) in [5.41, 5.74) is 7.09. The van der Waals surface area contributed by atoms with Crippen LogP contribution < -0.4 is 15.8 Å². The molecule has 0 spiro atoms. The van der Waals surface area contributed by atoms with Gasteiger partial charge in [0.15, 0.2) is 5.96 Å². The van der Waals surface area contributed by atoms with Crippen LogP contribution in [0.1, 0.15) is 31.4 Å². The van der Waals surface area contributed by atoms with Crippen molar-refractivity contribution in [3.05, 3.63) is 29.8 Å². The topological polar surface area (TPSA) is 62.9 Å². The maximum atomic E-state index is 5.89. The van der Waals surface area contributed by atoms with Crippen LogP contribution in [0, 0.1) is 0 Å². The third kappa shape index (κ3) is 6.04. The smallest absolute Gasteiger partial charge is 0.188 e. The number of hydrogen-bond donors (Lipinski definition) is 2. The lowest BCUT2D eigenvalue weighted by Crippen LogP contribution is -2.33. The lowest BCUT2D eigenvalue weighted by atomic mass is 10.1. The summed E-state index contributed by atoms with van der Waals surface area (Å²) in [5, 5.41) is 3.14. The van der Waals surface area contributed by atoms with Gasteiger partial charge >= 0.3 is 0 Å². The molecule has 21 heavy (non-hydrogen) atoms. The van der Waals surface area contributed by atoms with Gasteiger partial charge in [-0.15, -0.1) is 0 Å². The molecule has 0 saturated carbocycles. The van der Waals surface area contributed by atoms with Crippen LogP contribution in [0.25, 0.3) is 0 Å². The van der Waals surface area contributed by atoms with E-state index in [-0.39, 0.29) is 6.04 Å². The number of nitrogens with one attached hydrogen (secondary N) is 1. The van der Waals surface area contributed by atoms with Gasteiger partial charge < -0.3 is 20.7 Å². The molecule has 0 heterocycles. The second kappa shape index (κ2) is 9.23. The van der Waals surface area contributed by atoms with Gasteiger partial charge in [-0.05, 0) is 38.2 Å². The van der Waals surface area contributed by atoms with Gasteiger partial charge in [0, 0.05) is 6.54 Å². The van der Waals surface area contributed by atoms with Crippen LogP contribution in [-0.2, 0) is 0 Å². The first-order valence-corrected chi connectivity index (χ1v) is 7.42. The molecule has 0 amide bonds. The van der Waals surface area contributed by atoms with Crippen LogP contribution in [0.5, 0.6) is 5.75 Å². The summed E-state index contributed by atoms with van der Waals surface area (Å²) in [4.78, 5) is 6.59. The van der Waals surface area contributed by atoms with Crippen molar-refractivity contribution in [3.63, 3.8) is 0 Å². The summed E-state index contributed by atoms with van der Waals surface area (Å²) in [6, 6.07) is 8.28. The molecule has 0 aliphatic carbocycles. The van der Waals surface area contributed by atoms with Crippen LogP contribution >= 0.6 is 0 Å². The normalized spacial score (nSPS) is 13.3. The number of aliphatic imine (C=N–C) groups is 1. The third-order valence-electron chi connectivity index (χ3n) is 3.39. The van der Waals surface area contributed by atoms with Crippen LogP contribution in [0.4, 0.5) is 0 Å². The highest BCUT2D eigenvalue weighted by molar-refractivity contribution is 5.77. The molecule has 0 radical (unpaired) electrons. The summed E-state index contributed by atoms with van der Waals surface area (Å²) in [5.74, 6) is 1.38. The minimum Gasteiger partial charge on any atom is -0.497 e. The van der Waals surface area contributed by atoms with E-state index in [1.807, 2.05) is 26.2 Å². The van der Waals surface area contributed by atoms with Gasteiger partial charge in [-0.25, -0.2) is 0 Å². The maximum absolute atomic E-state index is 5.89. The second-order valence-electron chi connectivity index (χ2n) is 5.26. The Morgan fingerprint density at radius 1 is 1.33 bits per heavy atom. The molecule has 0 aromatic heterocycles. The monoisotopic (exact) mass is 292 g/mol. The van der Waals surface area contributed by atoms with Crippen LogP contribution in [0.2, 0.25) is 0 Å². The molecule has 1 aromatic carbocycles. The van der Waals surface area contributed by atoms with Gasteiger partial charge in [-0.2, -0.15) is 0 Å².